The third-order valence-electron chi connectivity index (χ3n) is 3.76. The molecule has 0 radical (unpaired) electrons. The fourth-order valence-corrected chi connectivity index (χ4v) is 2.74. The standard InChI is InChI=1S/C18H26N2O6S/c1-18(2,3)20(12-13-27(23,24)25)11-10-19-17(22)15-6-4-5-7-16(9-8-15)26-14-21/h4-9,14H,10-13H2,1-3H3,(H,19,22)(H,23,24,25)/b5-4-,6-4?,7-5?,9-8-,15-6+,15-8?,16-7+,16-9?. The predicted octanol–water partition coefficient (Wildman–Crippen LogP) is 1.20. The van der Waals surface area contributed by atoms with Crippen molar-refractivity contribution in [3.8, 4) is 0 Å². The van der Waals surface area contributed by atoms with Gasteiger partial charge >= 0.3 is 0 Å². The van der Waals surface area contributed by atoms with Crippen LogP contribution in [0.5, 0.6) is 0 Å². The summed E-state index contributed by atoms with van der Waals surface area (Å²) in [5.74, 6) is -0.376. The van der Waals surface area contributed by atoms with Crippen molar-refractivity contribution < 1.29 is 27.3 Å². The van der Waals surface area contributed by atoms with E-state index in [1.54, 1.807) is 24.3 Å². The van der Waals surface area contributed by atoms with Crippen LogP contribution in [0.1, 0.15) is 20.8 Å². The molecule has 0 unspecified atom stereocenters. The highest BCUT2D eigenvalue weighted by molar-refractivity contribution is 7.85. The number of amides is 1. The van der Waals surface area contributed by atoms with E-state index in [0.717, 1.165) is 0 Å². The maximum Gasteiger partial charge on any atom is 0.298 e. The van der Waals surface area contributed by atoms with Crippen molar-refractivity contribution in [3.63, 3.8) is 0 Å². The average molecular weight is 398 g/mol. The molecular formula is C18H26N2O6S. The molecule has 0 aromatic heterocycles. The van der Waals surface area contributed by atoms with E-state index in [9.17, 15) is 18.0 Å². The van der Waals surface area contributed by atoms with Crippen LogP contribution < -0.4 is 5.32 Å². The van der Waals surface area contributed by atoms with Crippen molar-refractivity contribution in [3.05, 3.63) is 47.8 Å². The highest BCUT2D eigenvalue weighted by atomic mass is 32.2. The zero-order valence-corrected chi connectivity index (χ0v) is 16.5. The molecule has 1 aliphatic carbocycles. The number of rotatable bonds is 9. The summed E-state index contributed by atoms with van der Waals surface area (Å²) in [5, 5.41) is 2.77. The molecule has 0 bridgehead atoms. The predicted molar refractivity (Wildman–Crippen MR) is 102 cm³/mol. The first-order valence-electron chi connectivity index (χ1n) is 8.38. The molecule has 0 aromatic rings. The number of nitrogens with zero attached hydrogens (tertiary/aromatic N) is 1. The molecule has 1 aliphatic rings. The van der Waals surface area contributed by atoms with Gasteiger partial charge in [0.15, 0.2) is 0 Å². The number of nitrogens with one attached hydrogen (secondary N) is 1. The Morgan fingerprint density at radius 1 is 1.22 bits per heavy atom. The molecule has 0 atom stereocenters. The lowest BCUT2D eigenvalue weighted by molar-refractivity contribution is -0.124. The average Bonchev–Trinajstić information content (AvgIpc) is 2.51. The van der Waals surface area contributed by atoms with Crippen molar-refractivity contribution in [2.45, 2.75) is 26.3 Å². The van der Waals surface area contributed by atoms with Gasteiger partial charge < -0.3 is 10.1 Å². The molecule has 0 heterocycles. The van der Waals surface area contributed by atoms with Crippen molar-refractivity contribution >= 4 is 22.5 Å². The van der Waals surface area contributed by atoms with Gasteiger partial charge in [-0.25, -0.2) is 0 Å². The van der Waals surface area contributed by atoms with Crippen molar-refractivity contribution in [2.75, 3.05) is 25.4 Å². The third-order valence-corrected chi connectivity index (χ3v) is 4.45. The van der Waals surface area contributed by atoms with Gasteiger partial charge in [0.2, 0.25) is 0 Å². The molecule has 27 heavy (non-hydrogen) atoms. The Bertz CT molecular complexity index is 757. The largest absolute Gasteiger partial charge is 0.429 e. The van der Waals surface area contributed by atoms with Gasteiger partial charge in [-0.3, -0.25) is 19.0 Å². The Morgan fingerprint density at radius 3 is 2.48 bits per heavy atom. The van der Waals surface area contributed by atoms with Crippen LogP contribution in [0.15, 0.2) is 47.8 Å². The van der Waals surface area contributed by atoms with Gasteiger partial charge in [0, 0.05) is 30.7 Å². The second-order valence-corrected chi connectivity index (χ2v) is 8.40. The molecular weight excluding hydrogens is 372 g/mol. The first kappa shape index (κ1) is 22.8. The summed E-state index contributed by atoms with van der Waals surface area (Å²) in [6, 6.07) is 0. The highest BCUT2D eigenvalue weighted by Crippen LogP contribution is 2.12. The lowest BCUT2D eigenvalue weighted by Gasteiger charge is -2.35. The Morgan fingerprint density at radius 2 is 1.89 bits per heavy atom. The van der Waals surface area contributed by atoms with Crippen molar-refractivity contribution in [1.29, 1.82) is 0 Å². The minimum atomic E-state index is -4.05. The smallest absolute Gasteiger partial charge is 0.298 e. The van der Waals surface area contributed by atoms with E-state index < -0.39 is 10.1 Å². The molecule has 0 saturated heterocycles. The second-order valence-electron chi connectivity index (χ2n) is 6.82. The van der Waals surface area contributed by atoms with Gasteiger partial charge in [0.05, 0.1) is 5.75 Å². The lowest BCUT2D eigenvalue weighted by atomic mass is 10.1. The molecule has 150 valence electrons. The number of ether oxygens (including phenoxy) is 1. The number of carbonyl (C=O) groups excluding carboxylic acids is 2. The zero-order chi connectivity index (χ0) is 20.5. The number of hydrogen-bond donors (Lipinski definition) is 2. The maximum absolute atomic E-state index is 12.3. The Kier molecular flexibility index (Phi) is 8.61. The molecule has 0 fully saturated rings. The summed E-state index contributed by atoms with van der Waals surface area (Å²) in [4.78, 5) is 24.6. The van der Waals surface area contributed by atoms with Gasteiger partial charge in [-0.05, 0) is 45.1 Å². The van der Waals surface area contributed by atoms with E-state index in [4.69, 9.17) is 9.29 Å². The van der Waals surface area contributed by atoms with E-state index in [0.29, 0.717) is 30.9 Å². The van der Waals surface area contributed by atoms with E-state index in [-0.39, 0.29) is 23.7 Å². The van der Waals surface area contributed by atoms with Crippen LogP contribution in [0.3, 0.4) is 0 Å². The van der Waals surface area contributed by atoms with Gasteiger partial charge in [0.1, 0.15) is 5.76 Å². The SMILES string of the molecule is CC(C)(C)N(CCNC(=O)C1=C/C=C\C=C(OC=O)/C=C\1)CCS(=O)(=O)O. The van der Waals surface area contributed by atoms with Crippen LogP contribution in [0.2, 0.25) is 0 Å². The van der Waals surface area contributed by atoms with E-state index in [2.05, 4.69) is 5.32 Å². The molecule has 8 nitrogen and oxygen atoms in total. The van der Waals surface area contributed by atoms with E-state index in [1.165, 1.54) is 12.2 Å². The molecule has 2 N–H and O–H groups in total. The second kappa shape index (κ2) is 10.2. The maximum atomic E-state index is 12.3. The molecule has 0 saturated carbocycles. The highest BCUT2D eigenvalue weighted by Gasteiger charge is 2.22. The molecule has 1 amide bonds. The Balaban J connectivity index is 2.64. The van der Waals surface area contributed by atoms with Crippen LogP contribution in [0, 0.1) is 0 Å². The van der Waals surface area contributed by atoms with Crippen molar-refractivity contribution in [1.82, 2.24) is 10.2 Å². The van der Waals surface area contributed by atoms with Crippen LogP contribution in [0.4, 0.5) is 0 Å². The van der Waals surface area contributed by atoms with E-state index >= 15 is 0 Å². The third kappa shape index (κ3) is 9.32. The molecule has 0 aromatic carbocycles. The van der Waals surface area contributed by atoms with Crippen LogP contribution in [0.25, 0.3) is 0 Å². The van der Waals surface area contributed by atoms with Crippen LogP contribution >= 0.6 is 0 Å². The fourth-order valence-electron chi connectivity index (χ4n) is 2.29. The summed E-state index contributed by atoms with van der Waals surface area (Å²) in [6.07, 6.45) is 9.56. The minimum absolute atomic E-state index is 0.154. The van der Waals surface area contributed by atoms with E-state index in [1.807, 2.05) is 25.7 Å². The normalized spacial score (nSPS) is 21.1. The first-order valence-corrected chi connectivity index (χ1v) is 9.99. The number of carbonyl (C=O) groups is 2. The van der Waals surface area contributed by atoms with Crippen molar-refractivity contribution in [2.24, 2.45) is 0 Å². The summed E-state index contributed by atoms with van der Waals surface area (Å²) in [5.41, 5.74) is 0.0512. The number of hydrogen-bond acceptors (Lipinski definition) is 6. The first-order chi connectivity index (χ1) is 12.5. The van der Waals surface area contributed by atoms with Crippen LogP contribution in [-0.2, 0) is 24.4 Å². The molecule has 0 aliphatic heterocycles. The van der Waals surface area contributed by atoms with Gasteiger partial charge in [-0.15, -0.1) is 0 Å². The topological polar surface area (TPSA) is 113 Å². The van der Waals surface area contributed by atoms with Crippen LogP contribution in [-0.4, -0.2) is 61.2 Å². The van der Waals surface area contributed by atoms with Gasteiger partial charge in [-0.1, -0.05) is 12.2 Å². The lowest BCUT2D eigenvalue weighted by Crippen LogP contribution is -2.47. The quantitative estimate of drug-likeness (QED) is 0.443. The Labute approximate surface area is 160 Å². The summed E-state index contributed by atoms with van der Waals surface area (Å²) < 4.78 is 35.7. The summed E-state index contributed by atoms with van der Waals surface area (Å²) >= 11 is 0. The zero-order valence-electron chi connectivity index (χ0n) is 15.7. The monoisotopic (exact) mass is 398 g/mol. The molecule has 0 spiro atoms. The van der Waals surface area contributed by atoms with Gasteiger partial charge in [0.25, 0.3) is 22.5 Å². The molecule has 1 rings (SSSR count). The van der Waals surface area contributed by atoms with Gasteiger partial charge in [-0.2, -0.15) is 8.42 Å². The summed E-state index contributed by atoms with van der Waals surface area (Å²) in [6.45, 7) is 6.93. The summed E-state index contributed by atoms with van der Waals surface area (Å²) in [7, 11) is -4.05. The number of allylic oxidation sites excluding steroid dienone is 5. The molecule has 9 heteroatoms. The minimum Gasteiger partial charge on any atom is -0.429 e. The fraction of sp³-hybridized carbons (Fsp3) is 0.444. The Hall–Kier alpha value is -2.23.